The number of benzene rings is 1. The Morgan fingerprint density at radius 2 is 2.08 bits per heavy atom. The van der Waals surface area contributed by atoms with Gasteiger partial charge in [0.1, 0.15) is 11.6 Å². The molecular formula is C16H17FN4O4S. The second-order valence-corrected chi connectivity index (χ2v) is 6.99. The summed E-state index contributed by atoms with van der Waals surface area (Å²) in [5.74, 6) is -0.119. The van der Waals surface area contributed by atoms with Gasteiger partial charge in [-0.25, -0.2) is 9.18 Å². The Balaban J connectivity index is 1.45. The van der Waals surface area contributed by atoms with Crippen molar-refractivity contribution in [3.63, 3.8) is 0 Å². The van der Waals surface area contributed by atoms with Crippen molar-refractivity contribution in [1.82, 2.24) is 20.8 Å². The van der Waals surface area contributed by atoms with Gasteiger partial charge in [0.05, 0.1) is 5.25 Å². The fourth-order valence-corrected chi connectivity index (χ4v) is 2.59. The van der Waals surface area contributed by atoms with Gasteiger partial charge in [-0.05, 0) is 44.0 Å². The molecule has 8 nitrogen and oxygen atoms in total. The molecule has 0 saturated heterocycles. The van der Waals surface area contributed by atoms with E-state index in [-0.39, 0.29) is 29.6 Å². The normalized spacial score (nSPS) is 14.5. The molecule has 1 atom stereocenters. The molecule has 138 valence electrons. The van der Waals surface area contributed by atoms with Crippen LogP contribution in [-0.4, -0.2) is 33.4 Å². The third-order valence-electron chi connectivity index (χ3n) is 3.42. The fourth-order valence-electron chi connectivity index (χ4n) is 1.89. The van der Waals surface area contributed by atoms with E-state index in [0.29, 0.717) is 5.75 Å². The van der Waals surface area contributed by atoms with Crippen molar-refractivity contribution in [2.75, 3.05) is 0 Å². The molecule has 2 N–H and O–H groups in total. The number of imide groups is 1. The monoisotopic (exact) mass is 380 g/mol. The maximum absolute atomic E-state index is 12.8. The van der Waals surface area contributed by atoms with E-state index in [1.807, 2.05) is 0 Å². The molecule has 3 rings (SSSR count). The van der Waals surface area contributed by atoms with Crippen LogP contribution in [0, 0.1) is 5.82 Å². The maximum Gasteiger partial charge on any atom is 0.321 e. The van der Waals surface area contributed by atoms with E-state index in [2.05, 4.69) is 20.8 Å². The summed E-state index contributed by atoms with van der Waals surface area (Å²) < 4.78 is 23.6. The lowest BCUT2D eigenvalue weighted by atomic mass is 10.3. The number of carbonyl (C=O) groups excluding carboxylic acids is 2. The number of carbonyl (C=O) groups is 2. The smallest absolute Gasteiger partial charge is 0.321 e. The number of urea groups is 1. The number of nitrogens with zero attached hydrogens (tertiary/aromatic N) is 2. The van der Waals surface area contributed by atoms with Gasteiger partial charge in [0.15, 0.2) is 6.61 Å². The third-order valence-corrected chi connectivity index (χ3v) is 4.35. The van der Waals surface area contributed by atoms with E-state index in [1.165, 1.54) is 24.3 Å². The Hall–Kier alpha value is -2.62. The van der Waals surface area contributed by atoms with Crippen LogP contribution in [0.4, 0.5) is 9.18 Å². The summed E-state index contributed by atoms with van der Waals surface area (Å²) in [4.78, 5) is 23.5. The molecular weight excluding hydrogens is 363 g/mol. The van der Waals surface area contributed by atoms with E-state index in [0.717, 1.165) is 24.6 Å². The highest BCUT2D eigenvalue weighted by Gasteiger charge is 2.25. The van der Waals surface area contributed by atoms with Crippen molar-refractivity contribution >= 4 is 23.7 Å². The molecule has 0 bridgehead atoms. The summed E-state index contributed by atoms with van der Waals surface area (Å²) in [7, 11) is 0. The predicted octanol–water partition coefficient (Wildman–Crippen LogP) is 2.26. The average molecular weight is 380 g/mol. The fraction of sp³-hybridized carbons (Fsp3) is 0.375. The first-order valence-corrected chi connectivity index (χ1v) is 8.86. The molecule has 1 saturated carbocycles. The van der Waals surface area contributed by atoms with Crippen molar-refractivity contribution in [3.05, 3.63) is 36.0 Å². The van der Waals surface area contributed by atoms with E-state index in [1.54, 1.807) is 6.92 Å². The minimum atomic E-state index is -0.591. The van der Waals surface area contributed by atoms with Gasteiger partial charge in [0.2, 0.25) is 5.91 Å². The first-order chi connectivity index (χ1) is 12.5. The Kier molecular flexibility index (Phi) is 5.71. The van der Waals surface area contributed by atoms with Crippen LogP contribution in [0.2, 0.25) is 0 Å². The van der Waals surface area contributed by atoms with Gasteiger partial charge in [-0.2, -0.15) is 0 Å². The molecule has 10 heteroatoms. The van der Waals surface area contributed by atoms with Crippen molar-refractivity contribution in [2.45, 2.75) is 42.9 Å². The molecule has 1 aromatic carbocycles. The van der Waals surface area contributed by atoms with E-state index < -0.39 is 17.2 Å². The molecule has 2 aromatic rings. The average Bonchev–Trinajstić information content (AvgIpc) is 3.30. The molecule has 1 aromatic heterocycles. The number of halogens is 1. The molecule has 1 heterocycles. The number of aromatic nitrogens is 2. The highest BCUT2D eigenvalue weighted by molar-refractivity contribution is 8.00. The van der Waals surface area contributed by atoms with Crippen LogP contribution in [0.25, 0.3) is 0 Å². The SMILES string of the molecule is C[C@H](Sc1nnc(COc2ccc(F)cc2)o1)C(=O)NC(=O)NC1CC1. The lowest BCUT2D eigenvalue weighted by molar-refractivity contribution is -0.119. The number of nitrogens with one attached hydrogen (secondary N) is 2. The van der Waals surface area contributed by atoms with Gasteiger partial charge in [-0.15, -0.1) is 10.2 Å². The van der Waals surface area contributed by atoms with Crippen LogP contribution in [0.1, 0.15) is 25.7 Å². The molecule has 1 fully saturated rings. The molecule has 0 aliphatic heterocycles. The summed E-state index contributed by atoms with van der Waals surface area (Å²) >= 11 is 1.04. The second kappa shape index (κ2) is 8.17. The highest BCUT2D eigenvalue weighted by Crippen LogP contribution is 2.23. The van der Waals surface area contributed by atoms with Gasteiger partial charge in [-0.3, -0.25) is 10.1 Å². The minimum absolute atomic E-state index is 0.0174. The van der Waals surface area contributed by atoms with Crippen molar-refractivity contribution < 1.29 is 23.1 Å². The first kappa shape index (κ1) is 18.2. The lowest BCUT2D eigenvalue weighted by Gasteiger charge is -2.09. The van der Waals surface area contributed by atoms with Crippen molar-refractivity contribution in [1.29, 1.82) is 0 Å². The number of amides is 3. The van der Waals surface area contributed by atoms with Crippen LogP contribution in [0.15, 0.2) is 33.9 Å². The number of hydrogen-bond donors (Lipinski definition) is 2. The predicted molar refractivity (Wildman–Crippen MR) is 90.0 cm³/mol. The van der Waals surface area contributed by atoms with Gasteiger partial charge >= 0.3 is 6.03 Å². The Labute approximate surface area is 152 Å². The zero-order valence-electron chi connectivity index (χ0n) is 13.9. The van der Waals surface area contributed by atoms with Gasteiger partial charge < -0.3 is 14.5 Å². The topological polar surface area (TPSA) is 106 Å². The number of thioether (sulfide) groups is 1. The Morgan fingerprint density at radius 1 is 1.35 bits per heavy atom. The quantitative estimate of drug-likeness (QED) is 0.710. The van der Waals surface area contributed by atoms with Crippen LogP contribution in [0.3, 0.4) is 0 Å². The molecule has 3 amide bonds. The summed E-state index contributed by atoms with van der Waals surface area (Å²) in [6, 6.07) is 5.21. The molecule has 1 aliphatic rings. The summed E-state index contributed by atoms with van der Waals surface area (Å²) in [6.07, 6.45) is 1.88. The van der Waals surface area contributed by atoms with E-state index in [9.17, 15) is 14.0 Å². The van der Waals surface area contributed by atoms with Crippen molar-refractivity contribution in [3.8, 4) is 5.75 Å². The summed E-state index contributed by atoms with van der Waals surface area (Å²) in [5.41, 5.74) is 0. The Morgan fingerprint density at radius 3 is 2.77 bits per heavy atom. The van der Waals surface area contributed by atoms with E-state index in [4.69, 9.17) is 9.15 Å². The molecule has 0 unspecified atom stereocenters. The molecule has 26 heavy (non-hydrogen) atoms. The van der Waals surface area contributed by atoms with Gasteiger partial charge in [0.25, 0.3) is 11.1 Å². The van der Waals surface area contributed by atoms with E-state index >= 15 is 0 Å². The Bertz CT molecular complexity index is 779. The number of ether oxygens (including phenoxy) is 1. The first-order valence-electron chi connectivity index (χ1n) is 7.98. The number of hydrogen-bond acceptors (Lipinski definition) is 7. The summed E-state index contributed by atoms with van der Waals surface area (Å²) in [6.45, 7) is 1.65. The summed E-state index contributed by atoms with van der Waals surface area (Å²) in [5, 5.41) is 12.2. The molecule has 0 radical (unpaired) electrons. The third kappa shape index (κ3) is 5.45. The van der Waals surface area contributed by atoms with Crippen LogP contribution in [0.5, 0.6) is 5.75 Å². The lowest BCUT2D eigenvalue weighted by Crippen LogP contribution is -2.43. The zero-order valence-corrected chi connectivity index (χ0v) is 14.7. The van der Waals surface area contributed by atoms with Gasteiger partial charge in [0, 0.05) is 6.04 Å². The van der Waals surface area contributed by atoms with Gasteiger partial charge in [-0.1, -0.05) is 11.8 Å². The van der Waals surface area contributed by atoms with Crippen LogP contribution >= 0.6 is 11.8 Å². The second-order valence-electron chi connectivity index (χ2n) is 5.70. The van der Waals surface area contributed by atoms with Crippen LogP contribution < -0.4 is 15.4 Å². The molecule has 1 aliphatic carbocycles. The maximum atomic E-state index is 12.8. The highest BCUT2D eigenvalue weighted by atomic mass is 32.2. The minimum Gasteiger partial charge on any atom is -0.484 e. The number of rotatable bonds is 7. The zero-order chi connectivity index (χ0) is 18.5. The largest absolute Gasteiger partial charge is 0.484 e. The van der Waals surface area contributed by atoms with Crippen molar-refractivity contribution in [2.24, 2.45) is 0 Å². The standard InChI is InChI=1S/C16H17FN4O4S/c1-9(14(22)19-15(23)18-11-4-5-11)26-16-21-20-13(25-16)8-24-12-6-2-10(17)3-7-12/h2-3,6-7,9,11H,4-5,8H2,1H3,(H2,18,19,22,23)/t9-/m0/s1. The van der Waals surface area contributed by atoms with Crippen LogP contribution in [-0.2, 0) is 11.4 Å². The molecule has 0 spiro atoms.